The molecule has 19 heavy (non-hydrogen) atoms. The van der Waals surface area contributed by atoms with Gasteiger partial charge in [-0.15, -0.1) is 0 Å². The molecule has 0 radical (unpaired) electrons. The predicted molar refractivity (Wildman–Crippen MR) is 74.8 cm³/mol. The van der Waals surface area contributed by atoms with Gasteiger partial charge in [0.2, 0.25) is 0 Å². The third-order valence-electron chi connectivity index (χ3n) is 3.28. The van der Waals surface area contributed by atoms with Crippen molar-refractivity contribution in [3.8, 4) is 0 Å². The topological polar surface area (TPSA) is 29.3 Å². The fraction of sp³-hybridized carbons (Fsp3) is 0.143. The van der Waals surface area contributed by atoms with Crippen LogP contribution in [0, 0.1) is 11.6 Å². The van der Waals surface area contributed by atoms with Crippen LogP contribution in [0.15, 0.2) is 34.8 Å². The molecule has 1 aliphatic heterocycles. The third-order valence-corrected chi connectivity index (χ3v) is 3.89. The highest BCUT2D eigenvalue weighted by atomic mass is 79.9. The van der Waals surface area contributed by atoms with Crippen LogP contribution in [0.1, 0.15) is 11.1 Å². The van der Waals surface area contributed by atoms with Gasteiger partial charge in [-0.05, 0) is 45.3 Å². The monoisotopic (exact) mass is 324 g/mol. The molecule has 1 heterocycles. The molecule has 0 spiro atoms. The number of halogens is 3. The first-order valence-corrected chi connectivity index (χ1v) is 6.60. The van der Waals surface area contributed by atoms with Gasteiger partial charge in [0, 0.05) is 24.8 Å². The maximum Gasteiger partial charge on any atom is 0.149 e. The summed E-state index contributed by atoms with van der Waals surface area (Å²) in [5.74, 6) is -1.15. The summed E-state index contributed by atoms with van der Waals surface area (Å²) in [6.07, 6.45) is 0. The molecule has 0 saturated heterocycles. The normalized spacial score (nSPS) is 13.7. The van der Waals surface area contributed by atoms with Crippen LogP contribution < -0.4 is 10.6 Å². The molecule has 0 atom stereocenters. The van der Waals surface area contributed by atoms with Gasteiger partial charge in [0.1, 0.15) is 11.6 Å². The lowest BCUT2D eigenvalue weighted by atomic mass is 10.1. The van der Waals surface area contributed by atoms with Crippen molar-refractivity contribution in [1.82, 2.24) is 0 Å². The Bertz CT molecular complexity index is 658. The van der Waals surface area contributed by atoms with Gasteiger partial charge in [-0.2, -0.15) is 0 Å². The second-order valence-corrected chi connectivity index (χ2v) is 5.46. The van der Waals surface area contributed by atoms with Crippen LogP contribution in [0.4, 0.5) is 20.2 Å². The zero-order chi connectivity index (χ0) is 13.6. The zero-order valence-corrected chi connectivity index (χ0v) is 11.5. The number of nitrogens with two attached hydrogens (primary N) is 1. The summed E-state index contributed by atoms with van der Waals surface area (Å²) in [6, 6.07) is 8.04. The molecule has 2 nitrogen and oxygen atoms in total. The quantitative estimate of drug-likeness (QED) is 0.638. The number of benzene rings is 2. The maximum absolute atomic E-state index is 13.9. The molecule has 2 aromatic carbocycles. The van der Waals surface area contributed by atoms with Crippen LogP contribution in [-0.4, -0.2) is 0 Å². The minimum absolute atomic E-state index is 0.263. The van der Waals surface area contributed by atoms with E-state index >= 15 is 0 Å². The Hall–Kier alpha value is -1.62. The van der Waals surface area contributed by atoms with E-state index in [1.807, 2.05) is 23.1 Å². The van der Waals surface area contributed by atoms with Crippen molar-refractivity contribution in [2.75, 3.05) is 10.6 Å². The fourth-order valence-corrected chi connectivity index (χ4v) is 2.67. The van der Waals surface area contributed by atoms with Crippen molar-refractivity contribution in [2.24, 2.45) is 0 Å². The zero-order valence-electron chi connectivity index (χ0n) is 9.96. The lowest BCUT2D eigenvalue weighted by Crippen LogP contribution is -2.16. The third kappa shape index (κ3) is 2.18. The first kappa shape index (κ1) is 12.4. The van der Waals surface area contributed by atoms with E-state index in [4.69, 9.17) is 5.73 Å². The van der Waals surface area contributed by atoms with E-state index in [0.717, 1.165) is 17.2 Å². The molecule has 0 aliphatic carbocycles. The number of nitrogens with zero attached hydrogens (tertiary/aromatic N) is 1. The van der Waals surface area contributed by atoms with Crippen molar-refractivity contribution in [3.05, 3.63) is 57.6 Å². The Labute approximate surface area is 118 Å². The van der Waals surface area contributed by atoms with Crippen LogP contribution in [0.3, 0.4) is 0 Å². The Balaban J connectivity index is 1.97. The molecule has 98 valence electrons. The molecule has 2 N–H and O–H groups in total. The molecule has 1 aliphatic rings. The van der Waals surface area contributed by atoms with E-state index in [-0.39, 0.29) is 4.47 Å². The molecular weight excluding hydrogens is 314 g/mol. The number of nitrogen functional groups attached to an aromatic ring is 1. The Morgan fingerprint density at radius 1 is 1.00 bits per heavy atom. The minimum atomic E-state index is -0.595. The molecule has 2 aromatic rings. The second kappa shape index (κ2) is 4.49. The van der Waals surface area contributed by atoms with Crippen LogP contribution in [0.2, 0.25) is 0 Å². The van der Waals surface area contributed by atoms with E-state index < -0.39 is 11.6 Å². The number of fused-ring (bicyclic) bond motifs is 1. The molecule has 0 unspecified atom stereocenters. The maximum atomic E-state index is 13.9. The minimum Gasteiger partial charge on any atom is -0.399 e. The highest BCUT2D eigenvalue weighted by Crippen LogP contribution is 2.33. The van der Waals surface area contributed by atoms with E-state index in [1.54, 1.807) is 0 Å². The van der Waals surface area contributed by atoms with E-state index in [1.165, 1.54) is 6.07 Å². The summed E-state index contributed by atoms with van der Waals surface area (Å²) in [4.78, 5) is 1.86. The SMILES string of the molecule is Nc1ccc2c(c1)CN(c1cc(Br)c(F)cc1F)C2. The van der Waals surface area contributed by atoms with Crippen molar-refractivity contribution in [1.29, 1.82) is 0 Å². The standard InChI is InChI=1S/C14H11BrF2N2/c15-11-4-14(13(17)5-12(11)16)19-6-8-1-2-10(18)3-9(8)7-19/h1-5H,6-7,18H2. The fourth-order valence-electron chi connectivity index (χ4n) is 2.34. The summed E-state index contributed by atoms with van der Waals surface area (Å²) >= 11 is 3.09. The van der Waals surface area contributed by atoms with Crippen molar-refractivity contribution >= 4 is 27.3 Å². The summed E-state index contributed by atoms with van der Waals surface area (Å²) in [6.45, 7) is 1.18. The van der Waals surface area contributed by atoms with Gasteiger partial charge in [0.05, 0.1) is 10.2 Å². The van der Waals surface area contributed by atoms with Crippen molar-refractivity contribution in [3.63, 3.8) is 0 Å². The lowest BCUT2D eigenvalue weighted by Gasteiger charge is -2.19. The molecule has 0 fully saturated rings. The second-order valence-electron chi connectivity index (χ2n) is 4.60. The average Bonchev–Trinajstić information content (AvgIpc) is 2.76. The van der Waals surface area contributed by atoms with Gasteiger partial charge in [-0.25, -0.2) is 8.78 Å². The molecule has 3 rings (SSSR count). The van der Waals surface area contributed by atoms with E-state index in [0.29, 0.717) is 24.5 Å². The highest BCUT2D eigenvalue weighted by molar-refractivity contribution is 9.10. The van der Waals surface area contributed by atoms with E-state index in [2.05, 4.69) is 15.9 Å². The Morgan fingerprint density at radius 2 is 1.74 bits per heavy atom. The number of rotatable bonds is 1. The predicted octanol–water partition coefficient (Wildman–Crippen LogP) is 3.83. The van der Waals surface area contributed by atoms with E-state index in [9.17, 15) is 8.78 Å². The van der Waals surface area contributed by atoms with Gasteiger partial charge in [-0.1, -0.05) is 6.07 Å². The number of anilines is 2. The van der Waals surface area contributed by atoms with Gasteiger partial charge >= 0.3 is 0 Å². The Kier molecular flexibility index (Phi) is 2.93. The highest BCUT2D eigenvalue weighted by Gasteiger charge is 2.22. The smallest absolute Gasteiger partial charge is 0.149 e. The molecular formula is C14H11BrF2N2. The lowest BCUT2D eigenvalue weighted by molar-refractivity contribution is 0.575. The van der Waals surface area contributed by atoms with Crippen LogP contribution in [0.25, 0.3) is 0 Å². The summed E-state index contributed by atoms with van der Waals surface area (Å²) in [5.41, 5.74) is 9.03. The van der Waals surface area contributed by atoms with Gasteiger partial charge in [0.15, 0.2) is 0 Å². The van der Waals surface area contributed by atoms with Crippen molar-refractivity contribution < 1.29 is 8.78 Å². The number of hydrogen-bond acceptors (Lipinski definition) is 2. The largest absolute Gasteiger partial charge is 0.399 e. The van der Waals surface area contributed by atoms with Crippen LogP contribution in [-0.2, 0) is 13.1 Å². The van der Waals surface area contributed by atoms with Crippen LogP contribution >= 0.6 is 15.9 Å². The first-order valence-electron chi connectivity index (χ1n) is 5.81. The number of hydrogen-bond donors (Lipinski definition) is 1. The summed E-state index contributed by atoms with van der Waals surface area (Å²) < 4.78 is 27.4. The molecule has 0 aromatic heterocycles. The molecule has 0 bridgehead atoms. The van der Waals surface area contributed by atoms with Crippen molar-refractivity contribution in [2.45, 2.75) is 13.1 Å². The Morgan fingerprint density at radius 3 is 2.53 bits per heavy atom. The van der Waals surface area contributed by atoms with Crippen LogP contribution in [0.5, 0.6) is 0 Å². The summed E-state index contributed by atoms with van der Waals surface area (Å²) in [7, 11) is 0. The molecule has 0 saturated carbocycles. The van der Waals surface area contributed by atoms with Gasteiger partial charge in [-0.3, -0.25) is 0 Å². The first-order chi connectivity index (χ1) is 9.04. The average molecular weight is 325 g/mol. The molecule has 0 amide bonds. The van der Waals surface area contributed by atoms with Gasteiger partial charge < -0.3 is 10.6 Å². The summed E-state index contributed by atoms with van der Waals surface area (Å²) in [5, 5.41) is 0. The van der Waals surface area contributed by atoms with Gasteiger partial charge in [0.25, 0.3) is 0 Å². The molecule has 5 heteroatoms.